The molecule has 0 bridgehead atoms. The first-order valence-electron chi connectivity index (χ1n) is 7.67. The van der Waals surface area contributed by atoms with Gasteiger partial charge < -0.3 is 15.3 Å². The fourth-order valence-corrected chi connectivity index (χ4v) is 3.17. The molecule has 0 aliphatic heterocycles. The van der Waals surface area contributed by atoms with E-state index in [0.717, 1.165) is 12.8 Å². The normalized spacial score (nSPS) is 14.8. The molecule has 22 heavy (non-hydrogen) atoms. The summed E-state index contributed by atoms with van der Waals surface area (Å²) in [6.07, 6.45) is 15.8. The summed E-state index contributed by atoms with van der Waals surface area (Å²) in [5.41, 5.74) is 3.21. The Hall–Kier alpha value is -0.290. The van der Waals surface area contributed by atoms with E-state index < -0.39 is 0 Å². The van der Waals surface area contributed by atoms with Crippen LogP contribution in [0.1, 0.15) is 40.5 Å². The number of hydrogen-bond acceptors (Lipinski definition) is 3. The quantitative estimate of drug-likeness (QED) is 0.575. The van der Waals surface area contributed by atoms with Gasteiger partial charge in [-0.1, -0.05) is 20.8 Å². The first-order valence-corrected chi connectivity index (χ1v) is 9.47. The van der Waals surface area contributed by atoms with Gasteiger partial charge >= 0.3 is 94.9 Å². The van der Waals surface area contributed by atoms with Crippen LogP contribution in [0.3, 0.4) is 0 Å². The van der Waals surface area contributed by atoms with Crippen LogP contribution in [0.15, 0.2) is 47.6 Å². The Labute approximate surface area is 150 Å². The van der Waals surface area contributed by atoms with Crippen molar-refractivity contribution in [2.45, 2.75) is 43.7 Å². The molecule has 122 valence electrons. The number of allylic oxidation sites excluding steroid dienone is 8. The molecule has 0 amide bonds. The Kier molecular flexibility index (Phi) is 17.0. The first-order chi connectivity index (χ1) is 10.5. The van der Waals surface area contributed by atoms with E-state index in [4.69, 9.17) is 15.3 Å². The predicted octanol–water partition coefficient (Wildman–Crippen LogP) is 1.58. The van der Waals surface area contributed by atoms with Crippen LogP contribution in [-0.2, 0) is 24.4 Å². The molecule has 0 aromatic rings. The second kappa shape index (κ2) is 15.6. The molecule has 0 N–H and O–H groups in total. The van der Waals surface area contributed by atoms with Crippen LogP contribution in [0.5, 0.6) is 0 Å². The zero-order valence-electron chi connectivity index (χ0n) is 14.2. The average molecular weight is 471 g/mol. The van der Waals surface area contributed by atoms with Gasteiger partial charge in [-0.15, -0.1) is 19.8 Å². The van der Waals surface area contributed by atoms with Crippen LogP contribution >= 0.6 is 0 Å². The Morgan fingerprint density at radius 3 is 1.32 bits per heavy atom. The Bertz CT molecular complexity index is 343. The van der Waals surface area contributed by atoms with Gasteiger partial charge in [0, 0.05) is 0 Å². The molecule has 0 fully saturated rings. The van der Waals surface area contributed by atoms with E-state index in [9.17, 15) is 0 Å². The molecule has 0 unspecified atom stereocenters. The maximum atomic E-state index is 8.93. The minimum absolute atomic E-state index is 0. The van der Waals surface area contributed by atoms with Gasteiger partial charge in [0.1, 0.15) is 0 Å². The first kappa shape index (κ1) is 24.0. The van der Waals surface area contributed by atoms with Crippen molar-refractivity contribution in [3.8, 4) is 0 Å². The number of hydrogen-bond donors (Lipinski definition) is 0. The van der Waals surface area contributed by atoms with Crippen LogP contribution in [0, 0.1) is 0 Å². The van der Waals surface area contributed by atoms with Crippen molar-refractivity contribution in [3.05, 3.63) is 47.6 Å². The monoisotopic (exact) mass is 472 g/mol. The van der Waals surface area contributed by atoms with Gasteiger partial charge in [0.05, 0.1) is 0 Å². The molecule has 0 aromatic heterocycles. The van der Waals surface area contributed by atoms with Crippen LogP contribution in [0.2, 0.25) is 3.17 Å². The summed E-state index contributed by atoms with van der Waals surface area (Å²) < 4.78 is 0.396. The van der Waals surface area contributed by atoms with Crippen molar-refractivity contribution >= 4 is 0 Å². The average Bonchev–Trinajstić information content (AvgIpc) is 3.16. The van der Waals surface area contributed by atoms with Gasteiger partial charge in [0.2, 0.25) is 0 Å². The van der Waals surface area contributed by atoms with Crippen LogP contribution in [-0.4, -0.2) is 19.8 Å². The maximum absolute atomic E-state index is 8.93. The van der Waals surface area contributed by atoms with Crippen molar-refractivity contribution in [3.63, 3.8) is 0 Å². The van der Waals surface area contributed by atoms with Crippen molar-refractivity contribution in [2.24, 2.45) is 0 Å². The van der Waals surface area contributed by atoms with E-state index in [1.165, 1.54) is 24.4 Å². The second-order valence-corrected chi connectivity index (χ2v) is 8.23. The van der Waals surface area contributed by atoms with Crippen LogP contribution < -0.4 is 15.3 Å². The van der Waals surface area contributed by atoms with Gasteiger partial charge in [0.15, 0.2) is 0 Å². The second-order valence-electron chi connectivity index (χ2n) is 4.64. The molecular formula is C18H28HfO3. The molecule has 4 heteroatoms. The number of rotatable bonds is 2. The molecule has 2 aliphatic rings. The molecular weight excluding hydrogens is 443 g/mol. The van der Waals surface area contributed by atoms with Crippen molar-refractivity contribution in [2.75, 3.05) is 19.8 Å². The summed E-state index contributed by atoms with van der Waals surface area (Å²) in [5.74, 6) is 0. The van der Waals surface area contributed by atoms with E-state index in [1.54, 1.807) is 31.9 Å². The molecule has 2 aliphatic carbocycles. The van der Waals surface area contributed by atoms with E-state index in [-0.39, 0.29) is 19.8 Å². The van der Waals surface area contributed by atoms with Crippen molar-refractivity contribution < 1.29 is 39.7 Å². The van der Waals surface area contributed by atoms with E-state index in [0.29, 0.717) is 3.17 Å². The summed E-state index contributed by atoms with van der Waals surface area (Å²) in [5, 5.41) is 26.8. The summed E-state index contributed by atoms with van der Waals surface area (Å²) in [6, 6.07) is 0. The standard InChI is InChI=1S/C12H13.3C2H5O.Hf/c1-10(11-6-2-3-7-11)12-8-4-5-9-12;3*1-2-3;/h2-6,8H,7,9H2,1H3;3*2H2,1H3;/q;3*-1;+3. The van der Waals surface area contributed by atoms with Crippen molar-refractivity contribution in [1.29, 1.82) is 0 Å². The summed E-state index contributed by atoms with van der Waals surface area (Å²) >= 11 is 1.22. The van der Waals surface area contributed by atoms with Crippen LogP contribution in [0.25, 0.3) is 0 Å². The van der Waals surface area contributed by atoms with Gasteiger partial charge in [0.25, 0.3) is 0 Å². The van der Waals surface area contributed by atoms with Crippen molar-refractivity contribution in [1.82, 2.24) is 0 Å². The molecule has 0 radical (unpaired) electrons. The third-order valence-electron chi connectivity index (χ3n) is 2.83. The predicted molar refractivity (Wildman–Crippen MR) is 83.7 cm³/mol. The third kappa shape index (κ3) is 10.4. The van der Waals surface area contributed by atoms with Gasteiger partial charge in [-0.25, -0.2) is 0 Å². The van der Waals surface area contributed by atoms with Gasteiger partial charge in [-0.05, 0) is 0 Å². The SMILES string of the molecule is CC[O-].CC[O-].CC[O-].C[C]([Hf+3])(C1=CC=CC1)C1=CC=CC1. The summed E-state index contributed by atoms with van der Waals surface area (Å²) in [4.78, 5) is 0. The third-order valence-corrected chi connectivity index (χ3v) is 5.13. The van der Waals surface area contributed by atoms with E-state index >= 15 is 0 Å². The van der Waals surface area contributed by atoms with Gasteiger partial charge in [-0.3, -0.25) is 0 Å². The Balaban J connectivity index is 0. The molecule has 0 saturated heterocycles. The minimum atomic E-state index is 0. The molecule has 0 aromatic carbocycles. The zero-order chi connectivity index (χ0) is 17.4. The zero-order valence-corrected chi connectivity index (χ0v) is 17.8. The van der Waals surface area contributed by atoms with E-state index in [1.807, 2.05) is 0 Å². The molecule has 2 rings (SSSR count). The molecule has 0 spiro atoms. The summed E-state index contributed by atoms with van der Waals surface area (Å²) in [7, 11) is 0. The van der Waals surface area contributed by atoms with Gasteiger partial charge in [-0.2, -0.15) is 0 Å². The fraction of sp³-hybridized carbons (Fsp3) is 0.556. The molecule has 0 heterocycles. The topological polar surface area (TPSA) is 69.2 Å². The Morgan fingerprint density at radius 1 is 0.864 bits per heavy atom. The Morgan fingerprint density at radius 2 is 1.14 bits per heavy atom. The molecule has 0 saturated carbocycles. The fourth-order valence-electron chi connectivity index (χ4n) is 1.84. The van der Waals surface area contributed by atoms with E-state index in [2.05, 4.69) is 43.4 Å². The molecule has 3 nitrogen and oxygen atoms in total. The van der Waals surface area contributed by atoms with Crippen LogP contribution in [0.4, 0.5) is 0 Å². The molecule has 0 atom stereocenters. The summed E-state index contributed by atoms with van der Waals surface area (Å²) in [6.45, 7) is 7.09.